The van der Waals surface area contributed by atoms with Gasteiger partial charge in [0.05, 0.1) is 11.4 Å². The van der Waals surface area contributed by atoms with Crippen molar-refractivity contribution < 1.29 is 8.42 Å². The lowest BCUT2D eigenvalue weighted by Gasteiger charge is -2.09. The topological polar surface area (TPSA) is 82.6 Å². The fourth-order valence-corrected chi connectivity index (χ4v) is 2.92. The van der Waals surface area contributed by atoms with Crippen LogP contribution in [0.3, 0.4) is 0 Å². The molecular weight excluding hydrogens is 332 g/mol. The van der Waals surface area contributed by atoms with E-state index in [0.29, 0.717) is 0 Å². The normalized spacial score (nSPS) is 14.9. The molecule has 0 aromatic heterocycles. The van der Waals surface area contributed by atoms with Crippen LogP contribution in [-0.4, -0.2) is 27.5 Å². The van der Waals surface area contributed by atoms with Gasteiger partial charge in [0.15, 0.2) is 5.96 Å². The minimum Gasteiger partial charge on any atom is -0.354 e. The molecule has 6 nitrogen and oxygen atoms in total. The van der Waals surface area contributed by atoms with E-state index >= 15 is 0 Å². The van der Waals surface area contributed by atoms with Gasteiger partial charge >= 0.3 is 0 Å². The van der Waals surface area contributed by atoms with Crippen LogP contribution in [0.15, 0.2) is 23.2 Å². The molecule has 1 aromatic carbocycles. The Bertz CT molecular complexity index is 593. The number of benzene rings is 1. The van der Waals surface area contributed by atoms with E-state index in [2.05, 4.69) is 35.5 Å². The molecule has 104 valence electrons. The van der Waals surface area contributed by atoms with Crippen LogP contribution in [-0.2, 0) is 15.8 Å². The molecule has 1 saturated heterocycles. The van der Waals surface area contributed by atoms with Crippen LogP contribution in [0.25, 0.3) is 0 Å². The summed E-state index contributed by atoms with van der Waals surface area (Å²) in [6.07, 6.45) is 0. The molecule has 0 unspecified atom stereocenters. The first kappa shape index (κ1) is 14.3. The van der Waals surface area contributed by atoms with E-state index in [1.807, 2.05) is 13.0 Å². The molecule has 0 amide bonds. The lowest BCUT2D eigenvalue weighted by atomic mass is 10.1. The van der Waals surface area contributed by atoms with E-state index in [4.69, 9.17) is 0 Å². The molecule has 0 aliphatic carbocycles. The zero-order chi connectivity index (χ0) is 13.9. The lowest BCUT2D eigenvalue weighted by molar-refractivity contribution is 0.594. The van der Waals surface area contributed by atoms with E-state index in [9.17, 15) is 8.42 Å². The number of hydrogen-bond acceptors (Lipinski definition) is 3. The third-order valence-electron chi connectivity index (χ3n) is 2.82. The number of halogens is 1. The van der Waals surface area contributed by atoms with E-state index in [1.54, 1.807) is 12.1 Å². The molecule has 0 saturated carbocycles. The van der Waals surface area contributed by atoms with Crippen molar-refractivity contribution in [2.75, 3.05) is 13.1 Å². The Balaban J connectivity index is 2.30. The van der Waals surface area contributed by atoms with Crippen molar-refractivity contribution in [3.63, 3.8) is 0 Å². The summed E-state index contributed by atoms with van der Waals surface area (Å²) in [5.41, 5.74) is 2.35. The summed E-state index contributed by atoms with van der Waals surface area (Å²) in [5.74, 6) is 0.644. The summed E-state index contributed by atoms with van der Waals surface area (Å²) in [4.78, 5) is 4.44. The molecule has 1 aromatic rings. The van der Waals surface area contributed by atoms with Gasteiger partial charge in [-0.3, -0.25) is 0 Å². The fraction of sp³-hybridized carbons (Fsp3) is 0.364. The van der Waals surface area contributed by atoms with Gasteiger partial charge in [0.25, 0.3) is 0 Å². The number of nitrogens with one attached hydrogen (secondary N) is 3. The number of aliphatic imine (C=N–C) groups is 1. The Morgan fingerprint density at radius 3 is 2.68 bits per heavy atom. The maximum absolute atomic E-state index is 11.6. The van der Waals surface area contributed by atoms with Crippen LogP contribution in [0.2, 0.25) is 0 Å². The number of guanidine groups is 1. The van der Waals surface area contributed by atoms with Crippen molar-refractivity contribution in [1.82, 2.24) is 14.4 Å². The maximum atomic E-state index is 11.6. The average molecular weight is 347 g/mol. The average Bonchev–Trinajstić information content (AvgIpc) is 2.87. The van der Waals surface area contributed by atoms with Crippen LogP contribution >= 0.6 is 16.1 Å². The number of nitrogens with zero attached hydrogens (tertiary/aromatic N) is 1. The summed E-state index contributed by atoms with van der Waals surface area (Å²) in [6, 6.07) is 5.46. The van der Waals surface area contributed by atoms with Crippen LogP contribution in [0.1, 0.15) is 11.1 Å². The molecule has 2 rings (SSSR count). The van der Waals surface area contributed by atoms with Crippen LogP contribution in [0, 0.1) is 6.92 Å². The lowest BCUT2D eigenvalue weighted by Crippen LogP contribution is -2.23. The van der Waals surface area contributed by atoms with Gasteiger partial charge in [-0.25, -0.2) is 13.4 Å². The van der Waals surface area contributed by atoms with Gasteiger partial charge in [0.1, 0.15) is 0 Å². The molecule has 1 aliphatic rings. The predicted octanol–water partition coefficient (Wildman–Crippen LogP) is 0.905. The van der Waals surface area contributed by atoms with E-state index in [0.717, 1.165) is 35.9 Å². The minimum atomic E-state index is -3.35. The Morgan fingerprint density at radius 2 is 2.05 bits per heavy atom. The van der Waals surface area contributed by atoms with Crippen molar-refractivity contribution in [2.45, 2.75) is 12.7 Å². The highest BCUT2D eigenvalue weighted by Crippen LogP contribution is 2.23. The summed E-state index contributed by atoms with van der Waals surface area (Å²) in [6.45, 7) is 3.56. The van der Waals surface area contributed by atoms with Crippen LogP contribution < -0.4 is 14.4 Å². The first-order valence-electron chi connectivity index (χ1n) is 5.77. The molecule has 1 heterocycles. The van der Waals surface area contributed by atoms with Gasteiger partial charge in [-0.05, 0) is 24.1 Å². The first-order chi connectivity index (χ1) is 9.02. The molecule has 1 fully saturated rings. The quantitative estimate of drug-likeness (QED) is 0.707. The van der Waals surface area contributed by atoms with E-state index in [1.165, 1.54) is 0 Å². The Labute approximate surface area is 121 Å². The largest absolute Gasteiger partial charge is 0.354 e. The van der Waals surface area contributed by atoms with Crippen molar-refractivity contribution in [1.29, 1.82) is 0 Å². The zero-order valence-corrected chi connectivity index (χ0v) is 12.8. The third kappa shape index (κ3) is 3.68. The first-order valence-corrected chi connectivity index (χ1v) is 8.21. The van der Waals surface area contributed by atoms with Gasteiger partial charge in [0.2, 0.25) is 10.0 Å². The van der Waals surface area contributed by atoms with Crippen molar-refractivity contribution >= 4 is 37.8 Å². The smallest absolute Gasteiger partial charge is 0.225 e. The number of sulfonamides is 1. The zero-order valence-electron chi connectivity index (χ0n) is 10.4. The molecule has 0 spiro atoms. The highest BCUT2D eigenvalue weighted by atomic mass is 79.9. The van der Waals surface area contributed by atoms with Crippen LogP contribution in [0.4, 0.5) is 5.69 Å². The highest BCUT2D eigenvalue weighted by Gasteiger charge is 2.14. The predicted molar refractivity (Wildman–Crippen MR) is 79.0 cm³/mol. The molecule has 0 atom stereocenters. The second-order valence-electron chi connectivity index (χ2n) is 4.21. The molecule has 3 N–H and O–H groups in total. The Morgan fingerprint density at radius 1 is 1.37 bits per heavy atom. The molecule has 19 heavy (non-hydrogen) atoms. The summed E-state index contributed by atoms with van der Waals surface area (Å²) in [5, 5.41) is 6.22. The number of hydrogen-bond donors (Lipinski definition) is 3. The van der Waals surface area contributed by atoms with E-state index < -0.39 is 10.0 Å². The molecule has 1 aliphatic heterocycles. The van der Waals surface area contributed by atoms with Gasteiger partial charge in [-0.15, -0.1) is 3.75 Å². The van der Waals surface area contributed by atoms with Gasteiger partial charge in [-0.2, -0.15) is 0 Å². The van der Waals surface area contributed by atoms with E-state index in [-0.39, 0.29) is 5.75 Å². The van der Waals surface area contributed by atoms with Gasteiger partial charge in [0, 0.05) is 29.2 Å². The second-order valence-corrected chi connectivity index (χ2v) is 6.86. The number of rotatable bonds is 4. The second kappa shape index (κ2) is 5.89. The maximum Gasteiger partial charge on any atom is 0.225 e. The molecule has 8 heteroatoms. The SMILES string of the molecule is Cc1c(CS(=O)(=O)NBr)cccc1N=C1NCCN1. The monoisotopic (exact) mass is 346 g/mol. The molecule has 0 bridgehead atoms. The molecular formula is C11H15BrN4O2S. The third-order valence-corrected chi connectivity index (χ3v) is 5.23. The van der Waals surface area contributed by atoms with Crippen molar-refractivity contribution in [3.8, 4) is 0 Å². The summed E-state index contributed by atoms with van der Waals surface area (Å²) in [7, 11) is -3.35. The van der Waals surface area contributed by atoms with Crippen molar-refractivity contribution in [2.24, 2.45) is 4.99 Å². The van der Waals surface area contributed by atoms with Gasteiger partial charge in [-0.1, -0.05) is 12.1 Å². The van der Waals surface area contributed by atoms with Crippen LogP contribution in [0.5, 0.6) is 0 Å². The van der Waals surface area contributed by atoms with Gasteiger partial charge < -0.3 is 10.6 Å². The summed E-state index contributed by atoms with van der Waals surface area (Å²) >= 11 is 2.76. The standard InChI is InChI=1S/C11H15BrN4O2S/c1-8-9(7-19(17,18)16-12)3-2-4-10(8)15-11-13-5-6-14-11/h2-4,16H,5-7H2,1H3,(H2,13,14,15). The fourth-order valence-electron chi connectivity index (χ4n) is 1.80. The summed E-state index contributed by atoms with van der Waals surface area (Å²) < 4.78 is 25.3. The van der Waals surface area contributed by atoms with Crippen molar-refractivity contribution in [3.05, 3.63) is 29.3 Å². The Hall–Kier alpha value is -1.12. The minimum absolute atomic E-state index is 0.0797. The Kier molecular flexibility index (Phi) is 4.43. The highest BCUT2D eigenvalue weighted by molar-refractivity contribution is 9.09. The molecule has 0 radical (unpaired) electrons.